The zero-order chi connectivity index (χ0) is 26.1. The maximum atomic E-state index is 13.1. The van der Waals surface area contributed by atoms with Crippen LogP contribution in [0.1, 0.15) is 88.7 Å². The van der Waals surface area contributed by atoms with E-state index >= 15 is 0 Å². The van der Waals surface area contributed by atoms with Gasteiger partial charge in [0.2, 0.25) is 0 Å². The van der Waals surface area contributed by atoms with Gasteiger partial charge in [0.25, 0.3) is 0 Å². The van der Waals surface area contributed by atoms with Crippen LogP contribution in [-0.2, 0) is 32.1 Å². The molecule has 0 atom stereocenters. The molecule has 5 nitrogen and oxygen atoms in total. The number of esters is 2. The minimum atomic E-state index is -1.39. The summed E-state index contributed by atoms with van der Waals surface area (Å²) in [7, 11) is 2.66. The molecule has 0 N–H and O–H groups in total. The van der Waals surface area contributed by atoms with Crippen LogP contribution in [0, 0.1) is 5.41 Å². The number of carbonyl (C=O) groups is 2. The quantitative estimate of drug-likeness (QED) is 0.122. The minimum absolute atomic E-state index is 0.175. The largest absolute Gasteiger partial charge is 0.489 e. The molecule has 5 heteroatoms. The number of ether oxygens (including phenoxy) is 3. The summed E-state index contributed by atoms with van der Waals surface area (Å²) in [6.07, 6.45) is 12.3. The fourth-order valence-electron chi connectivity index (χ4n) is 4.68. The topological polar surface area (TPSA) is 61.8 Å². The van der Waals surface area contributed by atoms with E-state index in [0.29, 0.717) is 18.8 Å². The van der Waals surface area contributed by atoms with E-state index in [1.54, 1.807) is 0 Å². The van der Waals surface area contributed by atoms with E-state index < -0.39 is 17.4 Å². The lowest BCUT2D eigenvalue weighted by Crippen LogP contribution is -2.43. The molecule has 36 heavy (non-hydrogen) atoms. The van der Waals surface area contributed by atoms with Crippen LogP contribution in [0.3, 0.4) is 0 Å². The van der Waals surface area contributed by atoms with E-state index in [1.165, 1.54) is 59.2 Å². The molecule has 0 aromatic heterocycles. The molecule has 0 spiro atoms. The third-order valence-electron chi connectivity index (χ3n) is 6.81. The summed E-state index contributed by atoms with van der Waals surface area (Å²) in [5.41, 5.74) is 0.441. The van der Waals surface area contributed by atoms with Gasteiger partial charge < -0.3 is 14.2 Å². The first-order valence-electron chi connectivity index (χ1n) is 13.5. The Hall–Kier alpha value is -2.82. The Balaban J connectivity index is 2.04. The van der Waals surface area contributed by atoms with Crippen molar-refractivity contribution in [3.8, 4) is 5.75 Å². The summed E-state index contributed by atoms with van der Waals surface area (Å²) in [6, 6.07) is 17.5. The molecule has 0 aliphatic rings. The smallest absolute Gasteiger partial charge is 0.323 e. The Morgan fingerprint density at radius 3 is 1.81 bits per heavy atom. The molecule has 2 aromatic carbocycles. The van der Waals surface area contributed by atoms with Crippen LogP contribution in [0.15, 0.2) is 54.6 Å². The number of benzene rings is 2. The summed E-state index contributed by atoms with van der Waals surface area (Å²) in [4.78, 5) is 26.1. The minimum Gasteiger partial charge on any atom is -0.489 e. The Labute approximate surface area is 217 Å². The predicted octanol–water partition coefficient (Wildman–Crippen LogP) is 7.45. The number of para-hydroxylation sites is 1. The fourth-order valence-corrected chi connectivity index (χ4v) is 4.68. The number of methoxy groups -OCH3 is 2. The lowest BCUT2D eigenvalue weighted by molar-refractivity contribution is -0.170. The molecular formula is C31H44O5. The van der Waals surface area contributed by atoms with Crippen molar-refractivity contribution >= 4 is 11.9 Å². The maximum Gasteiger partial charge on any atom is 0.323 e. The molecule has 2 aromatic rings. The van der Waals surface area contributed by atoms with Gasteiger partial charge in [0.05, 0.1) is 14.2 Å². The summed E-state index contributed by atoms with van der Waals surface area (Å²) >= 11 is 0. The first-order chi connectivity index (χ1) is 17.6. The maximum absolute atomic E-state index is 13.1. The summed E-state index contributed by atoms with van der Waals surface area (Å²) in [6.45, 7) is 2.64. The molecule has 0 unspecified atom stereocenters. The van der Waals surface area contributed by atoms with Crippen molar-refractivity contribution < 1.29 is 23.8 Å². The van der Waals surface area contributed by atoms with Crippen molar-refractivity contribution in [1.29, 1.82) is 0 Å². The van der Waals surface area contributed by atoms with E-state index in [-0.39, 0.29) is 6.42 Å². The van der Waals surface area contributed by atoms with Crippen molar-refractivity contribution in [3.05, 3.63) is 65.7 Å². The second kappa shape index (κ2) is 16.8. The van der Waals surface area contributed by atoms with Crippen LogP contribution in [0.25, 0.3) is 0 Å². The Morgan fingerprint density at radius 2 is 1.22 bits per heavy atom. The van der Waals surface area contributed by atoms with Gasteiger partial charge in [-0.2, -0.15) is 0 Å². The molecule has 0 aliphatic carbocycles. The van der Waals surface area contributed by atoms with E-state index in [9.17, 15) is 9.59 Å². The van der Waals surface area contributed by atoms with Crippen LogP contribution in [0.2, 0.25) is 0 Å². The third kappa shape index (κ3) is 9.33. The molecule has 2 rings (SSSR count). The van der Waals surface area contributed by atoms with E-state index in [1.807, 2.05) is 54.6 Å². The normalized spacial score (nSPS) is 11.2. The zero-order valence-corrected chi connectivity index (χ0v) is 22.4. The lowest BCUT2D eigenvalue weighted by atomic mass is 9.76. The van der Waals surface area contributed by atoms with E-state index in [4.69, 9.17) is 14.2 Å². The standard InChI is InChI=1S/C31H44O5/c1-4-5-6-7-8-9-10-11-12-18-23-31(29(32)34-2,30(33)35-3)24-27-21-16-17-22-28(27)36-25-26-19-14-13-15-20-26/h13-17,19-22H,4-12,18,23-25H2,1-3H3. The molecule has 0 saturated heterocycles. The molecule has 0 saturated carbocycles. The number of hydrogen-bond donors (Lipinski definition) is 0. The van der Waals surface area contributed by atoms with Gasteiger partial charge >= 0.3 is 11.9 Å². The highest BCUT2D eigenvalue weighted by molar-refractivity contribution is 6.00. The molecule has 0 radical (unpaired) electrons. The Morgan fingerprint density at radius 1 is 0.694 bits per heavy atom. The number of unbranched alkanes of at least 4 members (excludes halogenated alkanes) is 9. The number of hydrogen-bond acceptors (Lipinski definition) is 5. The van der Waals surface area contributed by atoms with Gasteiger partial charge in [-0.3, -0.25) is 9.59 Å². The average molecular weight is 497 g/mol. The van der Waals surface area contributed by atoms with Crippen molar-refractivity contribution in [2.75, 3.05) is 14.2 Å². The lowest BCUT2D eigenvalue weighted by Gasteiger charge is -2.29. The van der Waals surface area contributed by atoms with Gasteiger partial charge in [-0.05, 0) is 23.6 Å². The Kier molecular flexibility index (Phi) is 13.7. The van der Waals surface area contributed by atoms with Gasteiger partial charge in [0.15, 0.2) is 5.41 Å². The van der Waals surface area contributed by atoms with Crippen LogP contribution in [0.4, 0.5) is 0 Å². The van der Waals surface area contributed by atoms with Crippen LogP contribution in [0.5, 0.6) is 5.75 Å². The zero-order valence-electron chi connectivity index (χ0n) is 22.4. The van der Waals surface area contributed by atoms with Gasteiger partial charge in [0, 0.05) is 6.42 Å². The third-order valence-corrected chi connectivity index (χ3v) is 6.81. The highest BCUT2D eigenvalue weighted by Crippen LogP contribution is 2.36. The molecule has 0 heterocycles. The van der Waals surface area contributed by atoms with Gasteiger partial charge in [-0.1, -0.05) is 120 Å². The first-order valence-corrected chi connectivity index (χ1v) is 13.5. The Bertz CT molecular complexity index is 877. The van der Waals surface area contributed by atoms with Crippen LogP contribution in [-0.4, -0.2) is 26.2 Å². The molecular weight excluding hydrogens is 452 g/mol. The fraction of sp³-hybridized carbons (Fsp3) is 0.548. The van der Waals surface area contributed by atoms with Crippen molar-refractivity contribution in [2.24, 2.45) is 5.41 Å². The number of carbonyl (C=O) groups excluding carboxylic acids is 2. The van der Waals surface area contributed by atoms with Crippen molar-refractivity contribution in [2.45, 2.75) is 90.6 Å². The monoisotopic (exact) mass is 496 g/mol. The molecule has 198 valence electrons. The first kappa shape index (κ1) is 29.4. The van der Waals surface area contributed by atoms with Gasteiger partial charge in [-0.25, -0.2) is 0 Å². The predicted molar refractivity (Wildman–Crippen MR) is 144 cm³/mol. The van der Waals surface area contributed by atoms with Gasteiger partial charge in [0.1, 0.15) is 12.4 Å². The van der Waals surface area contributed by atoms with Crippen molar-refractivity contribution in [3.63, 3.8) is 0 Å². The molecule has 0 fully saturated rings. The SMILES string of the molecule is CCCCCCCCCCCCC(Cc1ccccc1OCc1ccccc1)(C(=O)OC)C(=O)OC. The van der Waals surface area contributed by atoms with Gasteiger partial charge in [-0.15, -0.1) is 0 Å². The second-order valence-corrected chi connectivity index (χ2v) is 9.56. The highest BCUT2D eigenvalue weighted by Gasteiger charge is 2.48. The molecule has 0 aliphatic heterocycles. The summed E-state index contributed by atoms with van der Waals surface area (Å²) in [5, 5.41) is 0. The average Bonchev–Trinajstić information content (AvgIpc) is 2.92. The van der Waals surface area contributed by atoms with Crippen LogP contribution >= 0.6 is 0 Å². The molecule has 0 bridgehead atoms. The second-order valence-electron chi connectivity index (χ2n) is 9.56. The van der Waals surface area contributed by atoms with E-state index in [2.05, 4.69) is 6.92 Å². The van der Waals surface area contributed by atoms with Crippen molar-refractivity contribution in [1.82, 2.24) is 0 Å². The molecule has 0 amide bonds. The van der Waals surface area contributed by atoms with Crippen LogP contribution < -0.4 is 4.74 Å². The van der Waals surface area contributed by atoms with E-state index in [0.717, 1.165) is 30.4 Å². The highest BCUT2D eigenvalue weighted by atomic mass is 16.5. The summed E-state index contributed by atoms with van der Waals surface area (Å²) in [5.74, 6) is -0.451. The number of rotatable bonds is 18. The summed E-state index contributed by atoms with van der Waals surface area (Å²) < 4.78 is 16.4.